The van der Waals surface area contributed by atoms with E-state index in [1.807, 2.05) is 0 Å². The predicted molar refractivity (Wildman–Crippen MR) is 85.8 cm³/mol. The Morgan fingerprint density at radius 2 is 1.73 bits per heavy atom. The molecule has 0 radical (unpaired) electrons. The van der Waals surface area contributed by atoms with E-state index in [4.69, 9.17) is 21.1 Å². The van der Waals surface area contributed by atoms with Crippen LogP contribution in [0.1, 0.15) is 13.8 Å². The standard InChI is InChI=1S/C16H20ClNO4/c1-4-13(15(19)21-5-2)14(16(20)22-6-3)18-12-9-7-11(17)8-10-12/h4,7-10,13-14,18H,1,5-6H2,2-3H3/t13-,14+/m0/s1. The molecule has 0 heterocycles. The maximum Gasteiger partial charge on any atom is 0.329 e. The van der Waals surface area contributed by atoms with Gasteiger partial charge in [-0.15, -0.1) is 6.58 Å². The van der Waals surface area contributed by atoms with Crippen molar-refractivity contribution in [2.45, 2.75) is 19.9 Å². The average Bonchev–Trinajstić information content (AvgIpc) is 2.49. The first-order valence-electron chi connectivity index (χ1n) is 7.01. The van der Waals surface area contributed by atoms with Crippen LogP contribution in [0.4, 0.5) is 5.69 Å². The Kier molecular flexibility index (Phi) is 7.46. The number of hydrogen-bond donors (Lipinski definition) is 1. The summed E-state index contributed by atoms with van der Waals surface area (Å²) in [6.07, 6.45) is 1.38. The summed E-state index contributed by atoms with van der Waals surface area (Å²) in [6, 6.07) is 5.86. The molecule has 0 fully saturated rings. The third-order valence-corrected chi connectivity index (χ3v) is 3.13. The number of anilines is 1. The largest absolute Gasteiger partial charge is 0.465 e. The number of carbonyl (C=O) groups is 2. The van der Waals surface area contributed by atoms with Gasteiger partial charge < -0.3 is 14.8 Å². The van der Waals surface area contributed by atoms with Crippen LogP contribution in [-0.2, 0) is 19.1 Å². The van der Waals surface area contributed by atoms with Gasteiger partial charge >= 0.3 is 11.9 Å². The highest BCUT2D eigenvalue weighted by molar-refractivity contribution is 6.30. The normalized spacial score (nSPS) is 12.9. The second-order valence-corrected chi connectivity index (χ2v) is 4.83. The van der Waals surface area contributed by atoms with Gasteiger partial charge in [0.1, 0.15) is 12.0 Å². The van der Waals surface area contributed by atoms with Gasteiger partial charge in [-0.2, -0.15) is 0 Å². The van der Waals surface area contributed by atoms with Crippen molar-refractivity contribution >= 4 is 29.2 Å². The number of carbonyl (C=O) groups excluding carboxylic acids is 2. The molecule has 1 rings (SSSR count). The molecule has 0 aliphatic heterocycles. The van der Waals surface area contributed by atoms with Crippen LogP contribution in [0.5, 0.6) is 0 Å². The molecule has 0 aromatic heterocycles. The van der Waals surface area contributed by atoms with Gasteiger partial charge in [-0.25, -0.2) is 4.79 Å². The number of ether oxygens (including phenoxy) is 2. The van der Waals surface area contributed by atoms with E-state index in [1.54, 1.807) is 38.1 Å². The molecule has 1 N–H and O–H groups in total. The lowest BCUT2D eigenvalue weighted by Gasteiger charge is -2.23. The zero-order chi connectivity index (χ0) is 16.5. The second-order valence-electron chi connectivity index (χ2n) is 4.39. The first-order valence-corrected chi connectivity index (χ1v) is 7.39. The Hall–Kier alpha value is -2.01. The Morgan fingerprint density at radius 3 is 2.23 bits per heavy atom. The smallest absolute Gasteiger partial charge is 0.329 e. The van der Waals surface area contributed by atoms with Gasteiger partial charge in [0.2, 0.25) is 0 Å². The Balaban J connectivity index is 3.00. The maximum absolute atomic E-state index is 12.2. The van der Waals surface area contributed by atoms with Crippen LogP contribution in [-0.4, -0.2) is 31.2 Å². The van der Waals surface area contributed by atoms with Gasteiger partial charge in [-0.05, 0) is 38.1 Å². The first kappa shape index (κ1) is 18.0. The molecule has 0 aliphatic rings. The third-order valence-electron chi connectivity index (χ3n) is 2.88. The summed E-state index contributed by atoms with van der Waals surface area (Å²) in [6.45, 7) is 7.45. The zero-order valence-electron chi connectivity index (χ0n) is 12.7. The Bertz CT molecular complexity index is 515. The van der Waals surface area contributed by atoms with Crippen LogP contribution in [0.2, 0.25) is 5.02 Å². The van der Waals surface area contributed by atoms with E-state index in [2.05, 4.69) is 11.9 Å². The summed E-state index contributed by atoms with van der Waals surface area (Å²) in [5.74, 6) is -1.93. The second kappa shape index (κ2) is 9.10. The monoisotopic (exact) mass is 325 g/mol. The molecule has 6 heteroatoms. The molecule has 0 unspecified atom stereocenters. The Morgan fingerprint density at radius 1 is 1.18 bits per heavy atom. The molecule has 22 heavy (non-hydrogen) atoms. The lowest BCUT2D eigenvalue weighted by atomic mass is 9.99. The van der Waals surface area contributed by atoms with Gasteiger partial charge in [-0.3, -0.25) is 4.79 Å². The highest BCUT2D eigenvalue weighted by Crippen LogP contribution is 2.19. The molecule has 0 bridgehead atoms. The minimum atomic E-state index is -0.919. The highest BCUT2D eigenvalue weighted by atomic mass is 35.5. The molecule has 2 atom stereocenters. The molecule has 0 spiro atoms. The number of esters is 2. The van der Waals surface area contributed by atoms with Crippen molar-refractivity contribution in [1.29, 1.82) is 0 Å². The maximum atomic E-state index is 12.2. The fraction of sp³-hybridized carbons (Fsp3) is 0.375. The van der Waals surface area contributed by atoms with E-state index in [1.165, 1.54) is 6.08 Å². The molecular formula is C16H20ClNO4. The van der Waals surface area contributed by atoms with Gasteiger partial charge in [0.25, 0.3) is 0 Å². The SMILES string of the molecule is C=C[C@H](C(=O)OCC)[C@@H](Nc1ccc(Cl)cc1)C(=O)OCC. The first-order chi connectivity index (χ1) is 10.5. The summed E-state index contributed by atoms with van der Waals surface area (Å²) in [7, 11) is 0. The number of rotatable bonds is 8. The van der Waals surface area contributed by atoms with Crippen molar-refractivity contribution in [3.05, 3.63) is 41.9 Å². The molecular weight excluding hydrogens is 306 g/mol. The molecule has 0 saturated carbocycles. The van der Waals surface area contributed by atoms with Crippen LogP contribution in [0.25, 0.3) is 0 Å². The highest BCUT2D eigenvalue weighted by Gasteiger charge is 2.33. The fourth-order valence-electron chi connectivity index (χ4n) is 1.86. The summed E-state index contributed by atoms with van der Waals surface area (Å²) in [5.41, 5.74) is 0.638. The quantitative estimate of drug-likeness (QED) is 0.588. The summed E-state index contributed by atoms with van der Waals surface area (Å²) < 4.78 is 10.0. The van der Waals surface area contributed by atoms with E-state index in [9.17, 15) is 9.59 Å². The van der Waals surface area contributed by atoms with Gasteiger partial charge in [0.15, 0.2) is 0 Å². The van der Waals surface area contributed by atoms with Crippen LogP contribution in [0, 0.1) is 5.92 Å². The zero-order valence-corrected chi connectivity index (χ0v) is 13.4. The van der Waals surface area contributed by atoms with Gasteiger partial charge in [0.05, 0.1) is 13.2 Å². The number of nitrogens with one attached hydrogen (secondary N) is 1. The summed E-state index contributed by atoms with van der Waals surface area (Å²) in [5, 5.41) is 3.55. The van der Waals surface area contributed by atoms with Crippen LogP contribution >= 0.6 is 11.6 Å². The summed E-state index contributed by atoms with van der Waals surface area (Å²) in [4.78, 5) is 24.2. The topological polar surface area (TPSA) is 64.6 Å². The van der Waals surface area contributed by atoms with E-state index >= 15 is 0 Å². The summed E-state index contributed by atoms with van der Waals surface area (Å²) >= 11 is 5.83. The molecule has 1 aromatic carbocycles. The fourth-order valence-corrected chi connectivity index (χ4v) is 1.99. The molecule has 0 aliphatic carbocycles. The van der Waals surface area contributed by atoms with Crippen molar-refractivity contribution in [3.8, 4) is 0 Å². The van der Waals surface area contributed by atoms with E-state index in [0.717, 1.165) is 0 Å². The lowest BCUT2D eigenvalue weighted by Crippen LogP contribution is -2.42. The molecule has 0 saturated heterocycles. The molecule has 120 valence electrons. The number of hydrogen-bond acceptors (Lipinski definition) is 5. The minimum absolute atomic E-state index is 0.213. The van der Waals surface area contributed by atoms with Crippen molar-refractivity contribution < 1.29 is 19.1 Å². The van der Waals surface area contributed by atoms with Crippen molar-refractivity contribution in [2.24, 2.45) is 5.92 Å². The van der Waals surface area contributed by atoms with Crippen molar-refractivity contribution in [3.63, 3.8) is 0 Å². The average molecular weight is 326 g/mol. The van der Waals surface area contributed by atoms with E-state index in [-0.39, 0.29) is 13.2 Å². The molecule has 0 amide bonds. The number of halogens is 1. The van der Waals surface area contributed by atoms with Crippen molar-refractivity contribution in [2.75, 3.05) is 18.5 Å². The van der Waals surface area contributed by atoms with Crippen LogP contribution in [0.15, 0.2) is 36.9 Å². The molecule has 5 nitrogen and oxygen atoms in total. The predicted octanol–water partition coefficient (Wildman–Crippen LogP) is 3.05. The van der Waals surface area contributed by atoms with Crippen LogP contribution < -0.4 is 5.32 Å². The van der Waals surface area contributed by atoms with Gasteiger partial charge in [-0.1, -0.05) is 17.7 Å². The van der Waals surface area contributed by atoms with E-state index < -0.39 is 23.9 Å². The molecule has 1 aromatic rings. The Labute approximate surface area is 135 Å². The number of benzene rings is 1. The van der Waals surface area contributed by atoms with Crippen LogP contribution in [0.3, 0.4) is 0 Å². The van der Waals surface area contributed by atoms with E-state index in [0.29, 0.717) is 10.7 Å². The lowest BCUT2D eigenvalue weighted by molar-refractivity contribution is -0.153. The minimum Gasteiger partial charge on any atom is -0.465 e. The third kappa shape index (κ3) is 5.07. The van der Waals surface area contributed by atoms with Crippen molar-refractivity contribution in [1.82, 2.24) is 0 Å². The van der Waals surface area contributed by atoms with Gasteiger partial charge in [0, 0.05) is 10.7 Å².